The first-order valence-electron chi connectivity index (χ1n) is 12.6. The molecule has 3 aromatic rings. The highest BCUT2D eigenvalue weighted by Gasteiger charge is 2.68. The van der Waals surface area contributed by atoms with Gasteiger partial charge in [0, 0.05) is 31.1 Å². The number of imide groups is 1. The van der Waals surface area contributed by atoms with Crippen LogP contribution in [0.3, 0.4) is 0 Å². The zero-order chi connectivity index (χ0) is 28.4. The SMILES string of the molecule is N#Cc1ccccc1C1NC(Cc2ccc([N+](=O)[O-])cc2)(C(=O)O)C2C(=O)N(CC=Cc3ccccc3)C(=O)C12. The molecule has 0 radical (unpaired) electrons. The molecular formula is C30H24N4O6. The molecule has 4 unspecified atom stereocenters. The van der Waals surface area contributed by atoms with Crippen molar-refractivity contribution < 1.29 is 24.4 Å². The summed E-state index contributed by atoms with van der Waals surface area (Å²) in [7, 11) is 0. The van der Waals surface area contributed by atoms with Gasteiger partial charge in [-0.3, -0.25) is 34.7 Å². The lowest BCUT2D eigenvalue weighted by Crippen LogP contribution is -2.57. The van der Waals surface area contributed by atoms with Crippen LogP contribution in [-0.4, -0.2) is 44.8 Å². The number of hydrogen-bond donors (Lipinski definition) is 2. The second kappa shape index (κ2) is 10.6. The van der Waals surface area contributed by atoms with Crippen molar-refractivity contribution in [2.45, 2.75) is 18.0 Å². The molecule has 0 saturated carbocycles. The normalized spacial score (nSPS) is 23.8. The minimum absolute atomic E-state index is 0.0423. The summed E-state index contributed by atoms with van der Waals surface area (Å²) in [6, 6.07) is 22.5. The van der Waals surface area contributed by atoms with Crippen LogP contribution < -0.4 is 5.32 Å². The third-order valence-electron chi connectivity index (χ3n) is 7.57. The van der Waals surface area contributed by atoms with Gasteiger partial charge in [0.2, 0.25) is 11.8 Å². The standard InChI is InChI=1S/C30H24N4O6/c31-18-21-10-4-5-11-23(21)26-24-25(28(36)33(27(24)35)16-6-9-19-7-2-1-3-8-19)30(32-26,29(37)38)17-20-12-14-22(15-13-20)34(39)40/h1-15,24-26,32H,16-17H2,(H,37,38). The van der Waals surface area contributed by atoms with E-state index in [1.807, 2.05) is 30.3 Å². The zero-order valence-electron chi connectivity index (χ0n) is 21.1. The highest BCUT2D eigenvalue weighted by molar-refractivity contribution is 6.09. The number of nitriles is 1. The van der Waals surface area contributed by atoms with Crippen molar-refractivity contribution in [3.8, 4) is 6.07 Å². The number of fused-ring (bicyclic) bond motifs is 1. The van der Waals surface area contributed by atoms with Crippen molar-refractivity contribution in [3.05, 3.63) is 117 Å². The van der Waals surface area contributed by atoms with Crippen LogP contribution in [0, 0.1) is 33.3 Å². The van der Waals surface area contributed by atoms with Crippen LogP contribution in [0.25, 0.3) is 6.08 Å². The summed E-state index contributed by atoms with van der Waals surface area (Å²) in [6.07, 6.45) is 3.24. The minimum Gasteiger partial charge on any atom is -0.480 e. The summed E-state index contributed by atoms with van der Waals surface area (Å²) in [5.74, 6) is -4.82. The Labute approximate surface area is 229 Å². The average molecular weight is 537 g/mol. The van der Waals surface area contributed by atoms with Gasteiger partial charge >= 0.3 is 5.97 Å². The number of carboxylic acids is 1. The summed E-state index contributed by atoms with van der Waals surface area (Å²) in [5.41, 5.74) is -0.0562. The molecule has 3 aromatic carbocycles. The van der Waals surface area contributed by atoms with E-state index in [1.54, 1.807) is 36.4 Å². The number of non-ortho nitro benzene ring substituents is 1. The maximum atomic E-state index is 13.8. The summed E-state index contributed by atoms with van der Waals surface area (Å²) in [5, 5.41) is 34.5. The smallest absolute Gasteiger partial charge is 0.325 e. The molecule has 0 spiro atoms. The van der Waals surface area contributed by atoms with Gasteiger partial charge in [-0.15, -0.1) is 0 Å². The number of hydrogen-bond acceptors (Lipinski definition) is 7. The van der Waals surface area contributed by atoms with E-state index in [4.69, 9.17) is 0 Å². The van der Waals surface area contributed by atoms with Crippen LogP contribution >= 0.6 is 0 Å². The number of amides is 2. The number of carbonyl (C=O) groups is 3. The molecule has 2 N–H and O–H groups in total. The Morgan fingerprint density at radius 2 is 1.73 bits per heavy atom. The zero-order valence-corrected chi connectivity index (χ0v) is 21.1. The number of carbonyl (C=O) groups excluding carboxylic acids is 2. The summed E-state index contributed by atoms with van der Waals surface area (Å²) in [4.78, 5) is 52.3. The molecule has 200 valence electrons. The molecule has 2 heterocycles. The van der Waals surface area contributed by atoms with E-state index in [0.29, 0.717) is 11.1 Å². The number of likely N-dealkylation sites (tertiary alicyclic amines) is 1. The van der Waals surface area contributed by atoms with Gasteiger partial charge in [0.25, 0.3) is 5.69 Å². The number of aliphatic carboxylic acids is 1. The Bertz CT molecular complexity index is 1560. The highest BCUT2D eigenvalue weighted by Crippen LogP contribution is 2.50. The molecule has 2 aliphatic heterocycles. The maximum absolute atomic E-state index is 13.8. The second-order valence-electron chi connectivity index (χ2n) is 9.80. The molecule has 10 heteroatoms. The van der Waals surface area contributed by atoms with Gasteiger partial charge in [-0.25, -0.2) is 0 Å². The average Bonchev–Trinajstić information content (AvgIpc) is 3.43. The van der Waals surface area contributed by atoms with Gasteiger partial charge in [-0.1, -0.05) is 72.8 Å². The second-order valence-corrected chi connectivity index (χ2v) is 9.80. The first-order valence-corrected chi connectivity index (χ1v) is 12.6. The molecule has 40 heavy (non-hydrogen) atoms. The maximum Gasteiger partial charge on any atom is 0.325 e. The summed E-state index contributed by atoms with van der Waals surface area (Å²) < 4.78 is 0. The lowest BCUT2D eigenvalue weighted by atomic mass is 9.76. The van der Waals surface area contributed by atoms with Gasteiger partial charge in [0.1, 0.15) is 5.54 Å². The molecule has 4 atom stereocenters. The van der Waals surface area contributed by atoms with Gasteiger partial charge in [0.05, 0.1) is 28.4 Å². The first-order chi connectivity index (χ1) is 19.3. The fourth-order valence-electron chi connectivity index (χ4n) is 5.73. The molecule has 2 saturated heterocycles. The van der Waals surface area contributed by atoms with E-state index < -0.39 is 46.1 Å². The number of nitrogens with one attached hydrogen (secondary N) is 1. The van der Waals surface area contributed by atoms with Crippen LogP contribution in [0.1, 0.15) is 28.3 Å². The summed E-state index contributed by atoms with van der Waals surface area (Å²) >= 11 is 0. The van der Waals surface area contributed by atoms with E-state index in [1.165, 1.54) is 24.3 Å². The highest BCUT2D eigenvalue weighted by atomic mass is 16.6. The first kappa shape index (κ1) is 26.5. The Hall–Kier alpha value is -5.14. The monoisotopic (exact) mass is 536 g/mol. The minimum atomic E-state index is -1.90. The number of rotatable bonds is 8. The fraction of sp³-hybridized carbons (Fsp3) is 0.200. The van der Waals surface area contributed by atoms with E-state index in [2.05, 4.69) is 11.4 Å². The van der Waals surface area contributed by atoms with Crippen LogP contribution in [0.4, 0.5) is 5.69 Å². The fourth-order valence-corrected chi connectivity index (χ4v) is 5.73. The molecule has 0 aromatic heterocycles. The quantitative estimate of drug-likeness (QED) is 0.252. The molecule has 5 rings (SSSR count). The number of nitro benzene ring substituents is 1. The van der Waals surface area contributed by atoms with Crippen molar-refractivity contribution in [2.75, 3.05) is 6.54 Å². The lowest BCUT2D eigenvalue weighted by Gasteiger charge is -2.31. The van der Waals surface area contributed by atoms with Crippen LogP contribution in [-0.2, 0) is 20.8 Å². The van der Waals surface area contributed by atoms with Crippen molar-refractivity contribution in [1.82, 2.24) is 10.2 Å². The van der Waals surface area contributed by atoms with Crippen molar-refractivity contribution in [2.24, 2.45) is 11.8 Å². The Kier molecular flexibility index (Phi) is 6.98. The molecule has 2 fully saturated rings. The molecule has 0 bridgehead atoms. The predicted molar refractivity (Wildman–Crippen MR) is 143 cm³/mol. The van der Waals surface area contributed by atoms with Crippen molar-refractivity contribution in [1.29, 1.82) is 5.26 Å². The van der Waals surface area contributed by atoms with Crippen molar-refractivity contribution >= 4 is 29.5 Å². The number of nitrogens with zero attached hydrogens (tertiary/aromatic N) is 3. The van der Waals surface area contributed by atoms with Crippen LogP contribution in [0.5, 0.6) is 0 Å². The number of benzene rings is 3. The molecule has 2 aliphatic rings. The third-order valence-corrected chi connectivity index (χ3v) is 7.57. The Morgan fingerprint density at radius 1 is 1.05 bits per heavy atom. The van der Waals surface area contributed by atoms with Crippen LogP contribution in [0.2, 0.25) is 0 Å². The van der Waals surface area contributed by atoms with Gasteiger partial charge in [0.15, 0.2) is 0 Å². The molecular weight excluding hydrogens is 512 g/mol. The van der Waals surface area contributed by atoms with E-state index in [0.717, 1.165) is 10.5 Å². The molecule has 2 amide bonds. The van der Waals surface area contributed by atoms with Crippen molar-refractivity contribution in [3.63, 3.8) is 0 Å². The third kappa shape index (κ3) is 4.52. The Balaban J connectivity index is 1.56. The Morgan fingerprint density at radius 3 is 2.38 bits per heavy atom. The van der Waals surface area contributed by atoms with Gasteiger partial charge in [-0.05, 0) is 22.8 Å². The molecule has 0 aliphatic carbocycles. The largest absolute Gasteiger partial charge is 0.480 e. The van der Waals surface area contributed by atoms with Gasteiger partial charge in [-0.2, -0.15) is 5.26 Å². The number of carboxylic acid groups (broad SMARTS) is 1. The lowest BCUT2D eigenvalue weighted by molar-refractivity contribution is -0.384. The van der Waals surface area contributed by atoms with E-state index >= 15 is 0 Å². The van der Waals surface area contributed by atoms with E-state index in [9.17, 15) is 34.9 Å². The van der Waals surface area contributed by atoms with Gasteiger partial charge < -0.3 is 5.11 Å². The van der Waals surface area contributed by atoms with E-state index in [-0.39, 0.29) is 24.2 Å². The predicted octanol–water partition coefficient (Wildman–Crippen LogP) is 3.49. The summed E-state index contributed by atoms with van der Waals surface area (Å²) in [6.45, 7) is -0.0423. The number of nitro groups is 1. The molecule has 10 nitrogen and oxygen atoms in total. The van der Waals surface area contributed by atoms with Crippen LogP contribution in [0.15, 0.2) is 84.9 Å². The topological polar surface area (TPSA) is 154 Å².